The molecule has 0 unspecified atom stereocenters. The molecule has 4 heterocycles. The first-order valence-electron chi connectivity index (χ1n) is 9.83. The SMILES string of the molecule is CC(C)(O)CN1CCN(Cc2cc3nc(Cl)nc(N4CCOCC4)c3s2)CC1. The number of hydrogen-bond donors (Lipinski definition) is 1. The van der Waals surface area contributed by atoms with Crippen molar-refractivity contribution in [1.82, 2.24) is 19.8 Å². The molecular weight excluding hydrogens is 398 g/mol. The molecule has 0 atom stereocenters. The van der Waals surface area contributed by atoms with Gasteiger partial charge in [-0.05, 0) is 31.5 Å². The number of thiophene rings is 1. The van der Waals surface area contributed by atoms with E-state index in [9.17, 15) is 5.11 Å². The molecule has 154 valence electrons. The second-order valence-corrected chi connectivity index (χ2v) is 9.68. The van der Waals surface area contributed by atoms with Crippen molar-refractivity contribution < 1.29 is 9.84 Å². The molecule has 0 aliphatic carbocycles. The molecule has 2 aromatic rings. The number of aromatic nitrogens is 2. The summed E-state index contributed by atoms with van der Waals surface area (Å²) < 4.78 is 6.58. The maximum absolute atomic E-state index is 10.0. The van der Waals surface area contributed by atoms with Crippen molar-refractivity contribution in [3.8, 4) is 0 Å². The zero-order valence-corrected chi connectivity index (χ0v) is 18.1. The van der Waals surface area contributed by atoms with Crippen LogP contribution >= 0.6 is 22.9 Å². The van der Waals surface area contributed by atoms with Gasteiger partial charge in [0.1, 0.15) is 0 Å². The topological polar surface area (TPSA) is 65.0 Å². The number of nitrogens with zero attached hydrogens (tertiary/aromatic N) is 5. The fraction of sp³-hybridized carbons (Fsp3) is 0.684. The Labute approximate surface area is 174 Å². The van der Waals surface area contributed by atoms with Crippen molar-refractivity contribution in [2.45, 2.75) is 26.0 Å². The van der Waals surface area contributed by atoms with E-state index in [-0.39, 0.29) is 0 Å². The predicted molar refractivity (Wildman–Crippen MR) is 113 cm³/mol. The summed E-state index contributed by atoms with van der Waals surface area (Å²) in [6.45, 7) is 12.5. The van der Waals surface area contributed by atoms with Gasteiger partial charge in [0, 0.05) is 57.2 Å². The van der Waals surface area contributed by atoms with Crippen LogP contribution in [0.1, 0.15) is 18.7 Å². The van der Waals surface area contributed by atoms with Gasteiger partial charge in [0.15, 0.2) is 5.82 Å². The van der Waals surface area contributed by atoms with E-state index < -0.39 is 5.60 Å². The third-order valence-corrected chi connectivity index (χ3v) is 6.42. The van der Waals surface area contributed by atoms with Crippen LogP contribution in [0, 0.1) is 0 Å². The highest BCUT2D eigenvalue weighted by molar-refractivity contribution is 7.19. The molecule has 28 heavy (non-hydrogen) atoms. The number of piperazine rings is 1. The summed E-state index contributed by atoms with van der Waals surface area (Å²) >= 11 is 7.97. The summed E-state index contributed by atoms with van der Waals surface area (Å²) in [5.74, 6) is 0.935. The number of ether oxygens (including phenoxy) is 1. The second kappa shape index (κ2) is 8.38. The molecule has 0 radical (unpaired) electrons. The van der Waals surface area contributed by atoms with Crippen LogP contribution in [0.3, 0.4) is 0 Å². The number of anilines is 1. The van der Waals surface area contributed by atoms with Crippen molar-refractivity contribution in [2.75, 3.05) is 63.9 Å². The van der Waals surface area contributed by atoms with Gasteiger partial charge in [-0.15, -0.1) is 11.3 Å². The van der Waals surface area contributed by atoms with Gasteiger partial charge < -0.3 is 14.7 Å². The molecule has 7 nitrogen and oxygen atoms in total. The average Bonchev–Trinajstić information content (AvgIpc) is 3.04. The lowest BCUT2D eigenvalue weighted by molar-refractivity contribution is 0.0168. The Morgan fingerprint density at radius 3 is 2.46 bits per heavy atom. The number of fused-ring (bicyclic) bond motifs is 1. The van der Waals surface area contributed by atoms with E-state index in [0.29, 0.717) is 5.28 Å². The molecule has 2 aliphatic rings. The van der Waals surface area contributed by atoms with Crippen LogP contribution in [0.5, 0.6) is 0 Å². The summed E-state index contributed by atoms with van der Waals surface area (Å²) in [6, 6.07) is 2.15. The quantitative estimate of drug-likeness (QED) is 0.735. The van der Waals surface area contributed by atoms with Crippen LogP contribution in [0.25, 0.3) is 10.2 Å². The number of β-amino-alcohol motifs (C(OH)–C–C–N with tert-alkyl or cyclic N) is 1. The zero-order chi connectivity index (χ0) is 19.7. The Morgan fingerprint density at radius 1 is 1.11 bits per heavy atom. The van der Waals surface area contributed by atoms with E-state index in [1.165, 1.54) is 4.88 Å². The normalized spacial score (nSPS) is 20.2. The van der Waals surface area contributed by atoms with Crippen LogP contribution in [0.2, 0.25) is 5.28 Å². The Hall–Kier alpha value is -1.03. The lowest BCUT2D eigenvalue weighted by Crippen LogP contribution is -2.50. The molecule has 2 saturated heterocycles. The van der Waals surface area contributed by atoms with Crippen LogP contribution in [0.15, 0.2) is 6.07 Å². The van der Waals surface area contributed by atoms with E-state index in [1.54, 1.807) is 11.3 Å². The number of morpholine rings is 1. The monoisotopic (exact) mass is 425 g/mol. The average molecular weight is 426 g/mol. The minimum absolute atomic E-state index is 0.304. The minimum atomic E-state index is -0.637. The number of rotatable bonds is 5. The van der Waals surface area contributed by atoms with E-state index >= 15 is 0 Å². The standard InChI is InChI=1S/C19H28ClN5O2S/c1-19(2,26)13-24-5-3-23(4-6-24)12-14-11-15-16(28-14)17(22-18(20)21-15)25-7-9-27-10-8-25/h11,26H,3-10,12-13H2,1-2H3. The molecule has 4 rings (SSSR count). The number of aliphatic hydroxyl groups is 1. The first kappa shape index (κ1) is 20.3. The summed E-state index contributed by atoms with van der Waals surface area (Å²) in [5.41, 5.74) is 0.295. The molecular formula is C19H28ClN5O2S. The van der Waals surface area contributed by atoms with Crippen molar-refractivity contribution >= 4 is 39.0 Å². The highest BCUT2D eigenvalue weighted by Gasteiger charge is 2.24. The molecule has 2 fully saturated rings. The zero-order valence-electron chi connectivity index (χ0n) is 16.5. The van der Waals surface area contributed by atoms with Gasteiger partial charge in [0.2, 0.25) is 5.28 Å². The van der Waals surface area contributed by atoms with Crippen molar-refractivity contribution in [3.05, 3.63) is 16.2 Å². The maximum atomic E-state index is 10.0. The molecule has 9 heteroatoms. The molecule has 0 aromatic carbocycles. The number of hydrogen-bond acceptors (Lipinski definition) is 8. The highest BCUT2D eigenvalue weighted by atomic mass is 35.5. The van der Waals surface area contributed by atoms with E-state index in [1.807, 2.05) is 13.8 Å². The van der Waals surface area contributed by atoms with Crippen LogP contribution in [0.4, 0.5) is 5.82 Å². The van der Waals surface area contributed by atoms with E-state index in [2.05, 4.69) is 30.7 Å². The van der Waals surface area contributed by atoms with Crippen LogP contribution < -0.4 is 4.90 Å². The van der Waals surface area contributed by atoms with Gasteiger partial charge in [-0.1, -0.05) is 0 Å². The molecule has 1 N–H and O–H groups in total. The molecule has 2 aliphatic heterocycles. The third-order valence-electron chi connectivity index (χ3n) is 5.14. The summed E-state index contributed by atoms with van der Waals surface area (Å²) in [4.78, 5) is 17.3. The molecule has 0 spiro atoms. The predicted octanol–water partition coefficient (Wildman–Crippen LogP) is 2.07. The van der Waals surface area contributed by atoms with Gasteiger partial charge in [-0.3, -0.25) is 9.80 Å². The van der Waals surface area contributed by atoms with Crippen molar-refractivity contribution in [1.29, 1.82) is 0 Å². The Morgan fingerprint density at radius 2 is 1.79 bits per heavy atom. The third kappa shape index (κ3) is 4.93. The van der Waals surface area contributed by atoms with Gasteiger partial charge in [-0.25, -0.2) is 4.98 Å². The second-order valence-electron chi connectivity index (χ2n) is 8.21. The van der Waals surface area contributed by atoms with Crippen LogP contribution in [-0.4, -0.2) is 89.5 Å². The Kier molecular flexibility index (Phi) is 6.06. The first-order valence-corrected chi connectivity index (χ1v) is 11.0. The fourth-order valence-corrected chi connectivity index (χ4v) is 5.20. The van der Waals surface area contributed by atoms with Gasteiger partial charge >= 0.3 is 0 Å². The van der Waals surface area contributed by atoms with E-state index in [4.69, 9.17) is 16.3 Å². The van der Waals surface area contributed by atoms with Crippen LogP contribution in [-0.2, 0) is 11.3 Å². The summed E-state index contributed by atoms with van der Waals surface area (Å²) in [5, 5.41) is 10.3. The van der Waals surface area contributed by atoms with E-state index in [0.717, 1.165) is 81.6 Å². The Bertz CT molecular complexity index is 810. The maximum Gasteiger partial charge on any atom is 0.224 e. The van der Waals surface area contributed by atoms with Gasteiger partial charge in [0.25, 0.3) is 0 Å². The minimum Gasteiger partial charge on any atom is -0.389 e. The van der Waals surface area contributed by atoms with Crippen molar-refractivity contribution in [3.63, 3.8) is 0 Å². The lowest BCUT2D eigenvalue weighted by atomic mass is 10.1. The van der Waals surface area contributed by atoms with Crippen molar-refractivity contribution in [2.24, 2.45) is 0 Å². The summed E-state index contributed by atoms with van der Waals surface area (Å²) in [7, 11) is 0. The fourth-order valence-electron chi connectivity index (χ4n) is 3.88. The largest absolute Gasteiger partial charge is 0.389 e. The molecule has 2 aromatic heterocycles. The first-order chi connectivity index (χ1) is 13.4. The van der Waals surface area contributed by atoms with Gasteiger partial charge in [-0.2, -0.15) is 4.98 Å². The smallest absolute Gasteiger partial charge is 0.224 e. The molecule has 0 saturated carbocycles. The molecule has 0 amide bonds. The Balaban J connectivity index is 1.45. The molecule has 0 bridgehead atoms. The highest BCUT2D eigenvalue weighted by Crippen LogP contribution is 2.34. The lowest BCUT2D eigenvalue weighted by Gasteiger charge is -2.37. The van der Waals surface area contributed by atoms with Gasteiger partial charge in [0.05, 0.1) is 29.0 Å². The summed E-state index contributed by atoms with van der Waals surface area (Å²) in [6.07, 6.45) is 0. The number of halogens is 1.